The average molecular weight is 1000 g/mol. The van der Waals surface area contributed by atoms with Crippen molar-refractivity contribution in [2.45, 2.75) is 366 Å². The molecule has 0 bridgehead atoms. The zero-order chi connectivity index (χ0) is 51.4. The van der Waals surface area contributed by atoms with Crippen LogP contribution in [0.3, 0.4) is 0 Å². The SMILES string of the molecule is CCCCCCCCCCCCCCCCCCCCCCC/C=C/C(O)C(CO)NC(=O)CCCCCCCCC/C=C\CCCCCCCCCCCOC(=O)CCCCCCCCCCCCC. The van der Waals surface area contributed by atoms with Crippen LogP contribution in [0, 0.1) is 0 Å². The Morgan fingerprint density at radius 1 is 0.380 bits per heavy atom. The molecule has 420 valence electrons. The number of nitrogens with one attached hydrogen (secondary N) is 1. The van der Waals surface area contributed by atoms with Gasteiger partial charge in [-0.25, -0.2) is 0 Å². The van der Waals surface area contributed by atoms with E-state index < -0.39 is 12.1 Å². The summed E-state index contributed by atoms with van der Waals surface area (Å²) in [5.41, 5.74) is 0. The number of aliphatic hydroxyl groups is 2. The van der Waals surface area contributed by atoms with Crippen LogP contribution in [-0.4, -0.2) is 47.4 Å². The van der Waals surface area contributed by atoms with Crippen LogP contribution < -0.4 is 5.32 Å². The van der Waals surface area contributed by atoms with Crippen molar-refractivity contribution in [2.24, 2.45) is 0 Å². The number of carbonyl (C=O) groups excluding carboxylic acids is 2. The van der Waals surface area contributed by atoms with Gasteiger partial charge in [-0.3, -0.25) is 9.59 Å². The van der Waals surface area contributed by atoms with E-state index in [2.05, 4.69) is 31.3 Å². The fourth-order valence-corrected chi connectivity index (χ4v) is 10.0. The van der Waals surface area contributed by atoms with Gasteiger partial charge in [-0.2, -0.15) is 0 Å². The third kappa shape index (κ3) is 57.5. The highest BCUT2D eigenvalue weighted by Crippen LogP contribution is 2.18. The van der Waals surface area contributed by atoms with Gasteiger partial charge in [-0.15, -0.1) is 0 Å². The van der Waals surface area contributed by atoms with Crippen LogP contribution >= 0.6 is 0 Å². The van der Waals surface area contributed by atoms with E-state index in [4.69, 9.17) is 4.74 Å². The summed E-state index contributed by atoms with van der Waals surface area (Å²) in [7, 11) is 0. The molecule has 0 saturated heterocycles. The van der Waals surface area contributed by atoms with Crippen molar-refractivity contribution in [2.75, 3.05) is 13.2 Å². The third-order valence-corrected chi connectivity index (χ3v) is 15.0. The zero-order valence-corrected chi connectivity index (χ0v) is 48.0. The fourth-order valence-electron chi connectivity index (χ4n) is 10.0. The number of esters is 1. The molecule has 0 heterocycles. The lowest BCUT2D eigenvalue weighted by molar-refractivity contribution is -0.143. The van der Waals surface area contributed by atoms with Crippen molar-refractivity contribution in [3.63, 3.8) is 0 Å². The number of rotatable bonds is 60. The Morgan fingerprint density at radius 2 is 0.662 bits per heavy atom. The normalized spacial score (nSPS) is 12.7. The molecule has 0 aromatic heterocycles. The molecule has 0 spiro atoms. The van der Waals surface area contributed by atoms with E-state index in [-0.39, 0.29) is 18.5 Å². The number of allylic oxidation sites excluding steroid dienone is 3. The molecule has 0 saturated carbocycles. The number of aliphatic hydroxyl groups excluding tert-OH is 2. The Balaban J connectivity index is 3.47. The first kappa shape index (κ1) is 69.3. The fraction of sp³-hybridized carbons (Fsp3) is 0.908. The summed E-state index contributed by atoms with van der Waals surface area (Å²) in [5.74, 6) is -0.0673. The largest absolute Gasteiger partial charge is 0.466 e. The van der Waals surface area contributed by atoms with E-state index in [0.29, 0.717) is 19.4 Å². The number of amides is 1. The molecule has 0 aliphatic heterocycles. The highest BCUT2D eigenvalue weighted by atomic mass is 16.5. The number of hydrogen-bond acceptors (Lipinski definition) is 5. The Morgan fingerprint density at radius 3 is 1.00 bits per heavy atom. The van der Waals surface area contributed by atoms with Crippen LogP contribution in [0.15, 0.2) is 24.3 Å². The molecule has 0 aromatic carbocycles. The second kappa shape index (κ2) is 60.9. The molecule has 2 atom stereocenters. The van der Waals surface area contributed by atoms with Crippen LogP contribution in [0.1, 0.15) is 354 Å². The molecular formula is C65H125NO5. The molecule has 0 radical (unpaired) electrons. The first-order chi connectivity index (χ1) is 35.0. The van der Waals surface area contributed by atoms with Gasteiger partial charge in [-0.1, -0.05) is 308 Å². The molecule has 0 aliphatic carbocycles. The minimum absolute atomic E-state index is 0.00577. The molecule has 2 unspecified atom stereocenters. The lowest BCUT2D eigenvalue weighted by Crippen LogP contribution is -2.45. The van der Waals surface area contributed by atoms with Crippen LogP contribution in [0.2, 0.25) is 0 Å². The number of ether oxygens (including phenoxy) is 1. The van der Waals surface area contributed by atoms with E-state index in [1.807, 2.05) is 6.08 Å². The quantitative estimate of drug-likeness (QED) is 0.0320. The average Bonchev–Trinajstić information content (AvgIpc) is 3.37. The molecular weight excluding hydrogens is 875 g/mol. The Kier molecular flexibility index (Phi) is 59.5. The van der Waals surface area contributed by atoms with Crippen molar-refractivity contribution in [1.29, 1.82) is 0 Å². The first-order valence-corrected chi connectivity index (χ1v) is 32.1. The molecule has 0 aliphatic rings. The number of carbonyl (C=O) groups is 2. The highest BCUT2D eigenvalue weighted by Gasteiger charge is 2.18. The Hall–Kier alpha value is -1.66. The summed E-state index contributed by atoms with van der Waals surface area (Å²) in [6, 6.07) is -0.635. The van der Waals surface area contributed by atoms with Crippen molar-refractivity contribution in [1.82, 2.24) is 5.32 Å². The molecule has 0 aromatic rings. The smallest absolute Gasteiger partial charge is 0.305 e. The number of unbranched alkanes of at least 4 members (excludes halogenated alkanes) is 47. The van der Waals surface area contributed by atoms with Gasteiger partial charge in [0.15, 0.2) is 0 Å². The minimum atomic E-state index is -0.851. The van der Waals surface area contributed by atoms with Crippen LogP contribution in [0.5, 0.6) is 0 Å². The van der Waals surface area contributed by atoms with Crippen LogP contribution in [0.4, 0.5) is 0 Å². The highest BCUT2D eigenvalue weighted by molar-refractivity contribution is 5.76. The molecule has 6 heteroatoms. The van der Waals surface area contributed by atoms with Gasteiger partial charge in [0.2, 0.25) is 5.91 Å². The monoisotopic (exact) mass is 1000 g/mol. The van der Waals surface area contributed by atoms with Gasteiger partial charge in [0.25, 0.3) is 0 Å². The standard InChI is InChI=1S/C65H125NO5/c1-3-5-7-9-11-13-15-16-17-18-19-20-21-22-25-28-31-34-38-41-45-49-53-57-63(68)62(61-67)66-64(69)58-54-50-46-42-39-35-32-29-26-23-24-27-30-33-36-40-44-48-52-56-60-71-65(70)59-55-51-47-43-37-14-12-10-8-6-4-2/h23,26,53,57,62-63,67-68H,3-22,24-25,27-52,54-56,58-61H2,1-2H3,(H,66,69)/b26-23-,57-53+. The lowest BCUT2D eigenvalue weighted by atomic mass is 10.0. The Labute approximate surface area is 443 Å². The Bertz CT molecular complexity index is 1110. The van der Waals surface area contributed by atoms with E-state index >= 15 is 0 Å². The lowest BCUT2D eigenvalue weighted by Gasteiger charge is -2.20. The van der Waals surface area contributed by atoms with E-state index in [9.17, 15) is 19.8 Å². The zero-order valence-electron chi connectivity index (χ0n) is 48.0. The first-order valence-electron chi connectivity index (χ1n) is 32.1. The van der Waals surface area contributed by atoms with Gasteiger partial charge in [0, 0.05) is 12.8 Å². The van der Waals surface area contributed by atoms with Gasteiger partial charge < -0.3 is 20.3 Å². The maximum Gasteiger partial charge on any atom is 0.305 e. The van der Waals surface area contributed by atoms with Crippen molar-refractivity contribution >= 4 is 11.9 Å². The van der Waals surface area contributed by atoms with Gasteiger partial charge in [-0.05, 0) is 57.8 Å². The van der Waals surface area contributed by atoms with Crippen molar-refractivity contribution in [3.8, 4) is 0 Å². The third-order valence-electron chi connectivity index (χ3n) is 15.0. The van der Waals surface area contributed by atoms with Crippen molar-refractivity contribution < 1.29 is 24.5 Å². The minimum Gasteiger partial charge on any atom is -0.466 e. The summed E-state index contributed by atoms with van der Waals surface area (Å²) >= 11 is 0. The summed E-state index contributed by atoms with van der Waals surface area (Å²) in [6.45, 7) is 4.92. The van der Waals surface area contributed by atoms with Crippen LogP contribution in [0.25, 0.3) is 0 Å². The predicted octanol–water partition coefficient (Wildman–Crippen LogP) is 20.2. The topological polar surface area (TPSA) is 95.9 Å². The van der Waals surface area contributed by atoms with Crippen molar-refractivity contribution in [3.05, 3.63) is 24.3 Å². The molecule has 0 rings (SSSR count). The molecule has 3 N–H and O–H groups in total. The molecule has 1 amide bonds. The summed E-state index contributed by atoms with van der Waals surface area (Å²) in [4.78, 5) is 24.5. The molecule has 0 fully saturated rings. The summed E-state index contributed by atoms with van der Waals surface area (Å²) in [5, 5.41) is 23.2. The van der Waals surface area contributed by atoms with Gasteiger partial charge >= 0.3 is 5.97 Å². The second-order valence-corrected chi connectivity index (χ2v) is 22.1. The predicted molar refractivity (Wildman–Crippen MR) is 310 cm³/mol. The van der Waals surface area contributed by atoms with Gasteiger partial charge in [0.1, 0.15) is 0 Å². The van der Waals surface area contributed by atoms with Gasteiger partial charge in [0.05, 0.1) is 25.4 Å². The number of hydrogen-bond donors (Lipinski definition) is 3. The summed E-state index contributed by atoms with van der Waals surface area (Å²) < 4.78 is 5.46. The molecule has 6 nitrogen and oxygen atoms in total. The van der Waals surface area contributed by atoms with E-state index in [0.717, 1.165) is 51.4 Å². The van der Waals surface area contributed by atoms with E-state index in [1.165, 1.54) is 276 Å². The van der Waals surface area contributed by atoms with E-state index in [1.54, 1.807) is 6.08 Å². The molecule has 71 heavy (non-hydrogen) atoms. The van der Waals surface area contributed by atoms with Crippen LogP contribution in [-0.2, 0) is 14.3 Å². The maximum absolute atomic E-state index is 12.5. The summed E-state index contributed by atoms with van der Waals surface area (Å²) in [6.07, 6.45) is 75.1. The maximum atomic E-state index is 12.5. The second-order valence-electron chi connectivity index (χ2n) is 22.1.